The van der Waals surface area contributed by atoms with Crippen molar-refractivity contribution in [2.24, 2.45) is 0 Å². The summed E-state index contributed by atoms with van der Waals surface area (Å²) in [7, 11) is 0. The first-order valence-electron chi connectivity index (χ1n) is 6.53. The van der Waals surface area contributed by atoms with Crippen LogP contribution in [0.3, 0.4) is 0 Å². The number of carbonyl (C=O) groups is 2. The number of aromatic nitrogens is 3. The summed E-state index contributed by atoms with van der Waals surface area (Å²) in [5.74, 6) is -1.34. The van der Waals surface area contributed by atoms with Gasteiger partial charge < -0.3 is 10.4 Å². The Hall–Kier alpha value is -2.70. The maximum absolute atomic E-state index is 12.2. The fourth-order valence-electron chi connectivity index (χ4n) is 2.19. The van der Waals surface area contributed by atoms with Crippen LogP contribution in [0.25, 0.3) is 5.69 Å². The highest BCUT2D eigenvalue weighted by Gasteiger charge is 2.51. The third-order valence-electron chi connectivity index (χ3n) is 3.65. The van der Waals surface area contributed by atoms with E-state index in [1.807, 2.05) is 6.07 Å². The topological polar surface area (TPSA) is 97.1 Å². The smallest absolute Gasteiger partial charge is 0.329 e. The Morgan fingerprint density at radius 3 is 2.67 bits per heavy atom. The molecule has 0 aliphatic heterocycles. The molecule has 1 amide bonds. The summed E-state index contributed by atoms with van der Waals surface area (Å²) < 4.78 is 1.59. The maximum Gasteiger partial charge on any atom is 0.329 e. The van der Waals surface area contributed by atoms with E-state index < -0.39 is 11.5 Å². The first-order chi connectivity index (χ1) is 10.0. The number of carboxylic acid groups (broad SMARTS) is 1. The van der Waals surface area contributed by atoms with Crippen molar-refractivity contribution in [2.45, 2.75) is 25.3 Å². The van der Waals surface area contributed by atoms with E-state index in [9.17, 15) is 9.59 Å². The monoisotopic (exact) mass is 286 g/mol. The largest absolute Gasteiger partial charge is 0.480 e. The van der Waals surface area contributed by atoms with Gasteiger partial charge >= 0.3 is 5.97 Å². The minimum atomic E-state index is -1.08. The molecule has 0 unspecified atom stereocenters. The van der Waals surface area contributed by atoms with E-state index in [1.165, 1.54) is 6.33 Å². The quantitative estimate of drug-likeness (QED) is 0.871. The van der Waals surface area contributed by atoms with Crippen LogP contribution >= 0.6 is 0 Å². The first kappa shape index (κ1) is 13.3. The molecule has 0 atom stereocenters. The fourth-order valence-corrected chi connectivity index (χ4v) is 2.19. The zero-order valence-electron chi connectivity index (χ0n) is 11.4. The molecule has 1 fully saturated rings. The lowest BCUT2D eigenvalue weighted by Gasteiger charge is -2.14. The Labute approximate surface area is 120 Å². The van der Waals surface area contributed by atoms with E-state index in [4.69, 9.17) is 5.11 Å². The minimum absolute atomic E-state index is 0.363. The summed E-state index contributed by atoms with van der Waals surface area (Å²) in [5, 5.41) is 15.7. The second kappa shape index (κ2) is 4.69. The molecule has 1 aliphatic rings. The molecule has 0 radical (unpaired) electrons. The van der Waals surface area contributed by atoms with Crippen molar-refractivity contribution in [2.75, 3.05) is 0 Å². The number of aliphatic carboxylic acids is 1. The fraction of sp³-hybridized carbons (Fsp3) is 0.286. The van der Waals surface area contributed by atoms with Crippen molar-refractivity contribution >= 4 is 11.9 Å². The molecule has 3 rings (SSSR count). The molecule has 1 saturated carbocycles. The van der Waals surface area contributed by atoms with Crippen LogP contribution < -0.4 is 5.32 Å². The molecule has 2 aromatic rings. The number of nitrogens with one attached hydrogen (secondary N) is 1. The number of rotatable bonds is 4. The van der Waals surface area contributed by atoms with Gasteiger partial charge in [-0.05, 0) is 43.5 Å². The molecule has 1 aliphatic carbocycles. The van der Waals surface area contributed by atoms with Crippen molar-refractivity contribution in [1.29, 1.82) is 0 Å². The Morgan fingerprint density at radius 2 is 2.14 bits per heavy atom. The van der Waals surface area contributed by atoms with Gasteiger partial charge in [0.1, 0.15) is 18.2 Å². The van der Waals surface area contributed by atoms with Crippen molar-refractivity contribution in [3.8, 4) is 5.69 Å². The summed E-state index contributed by atoms with van der Waals surface area (Å²) in [5.41, 5.74) is 0.933. The number of hydrogen-bond donors (Lipinski definition) is 2. The Bertz CT molecular complexity index is 705. The molecule has 0 bridgehead atoms. The molecule has 7 nitrogen and oxygen atoms in total. The van der Waals surface area contributed by atoms with Crippen LogP contribution in [0.5, 0.6) is 0 Å². The third kappa shape index (κ3) is 2.37. The predicted octanol–water partition coefficient (Wildman–Crippen LogP) is 0.923. The minimum Gasteiger partial charge on any atom is -0.480 e. The van der Waals surface area contributed by atoms with Crippen LogP contribution in [0.4, 0.5) is 0 Å². The van der Waals surface area contributed by atoms with Gasteiger partial charge in [-0.25, -0.2) is 14.5 Å². The van der Waals surface area contributed by atoms with Crippen LogP contribution in [0.15, 0.2) is 30.9 Å². The number of carboxylic acids is 1. The average Bonchev–Trinajstić information content (AvgIpc) is 3.02. The third-order valence-corrected chi connectivity index (χ3v) is 3.65. The highest BCUT2D eigenvalue weighted by molar-refractivity contribution is 6.00. The van der Waals surface area contributed by atoms with E-state index >= 15 is 0 Å². The number of amides is 1. The summed E-state index contributed by atoms with van der Waals surface area (Å²) in [6.45, 7) is 1.80. The van der Waals surface area contributed by atoms with Crippen LogP contribution in [-0.4, -0.2) is 37.3 Å². The van der Waals surface area contributed by atoms with Crippen molar-refractivity contribution < 1.29 is 14.7 Å². The number of hydrogen-bond acceptors (Lipinski definition) is 4. The molecule has 0 saturated heterocycles. The molecule has 1 heterocycles. The Morgan fingerprint density at radius 1 is 1.38 bits per heavy atom. The van der Waals surface area contributed by atoms with E-state index in [0.29, 0.717) is 18.4 Å². The maximum atomic E-state index is 12.2. The van der Waals surface area contributed by atoms with Gasteiger partial charge in [-0.15, -0.1) is 0 Å². The van der Waals surface area contributed by atoms with Gasteiger partial charge in [0.05, 0.1) is 5.69 Å². The normalized spacial score (nSPS) is 15.5. The van der Waals surface area contributed by atoms with Gasteiger partial charge in [-0.1, -0.05) is 0 Å². The number of aryl methyl sites for hydroxylation is 1. The van der Waals surface area contributed by atoms with E-state index in [1.54, 1.807) is 30.1 Å². The van der Waals surface area contributed by atoms with E-state index in [0.717, 1.165) is 11.3 Å². The highest BCUT2D eigenvalue weighted by atomic mass is 16.4. The van der Waals surface area contributed by atoms with Gasteiger partial charge in [0.15, 0.2) is 0 Å². The number of carbonyl (C=O) groups excluding carboxylic acids is 1. The van der Waals surface area contributed by atoms with Gasteiger partial charge in [-0.2, -0.15) is 5.10 Å². The molecule has 21 heavy (non-hydrogen) atoms. The summed E-state index contributed by atoms with van der Waals surface area (Å²) in [6.07, 6.45) is 3.95. The molecule has 2 N–H and O–H groups in total. The van der Waals surface area contributed by atoms with E-state index in [2.05, 4.69) is 15.4 Å². The number of nitrogens with zero attached hydrogens (tertiary/aromatic N) is 3. The zero-order chi connectivity index (χ0) is 15.0. The Balaban J connectivity index is 1.83. The summed E-state index contributed by atoms with van der Waals surface area (Å²) in [4.78, 5) is 27.2. The molecule has 1 aromatic carbocycles. The summed E-state index contributed by atoms with van der Waals surface area (Å²) in [6, 6.07) is 5.22. The molecular weight excluding hydrogens is 272 g/mol. The average molecular weight is 286 g/mol. The lowest BCUT2D eigenvalue weighted by molar-refractivity contribution is -0.140. The first-order valence-corrected chi connectivity index (χ1v) is 6.53. The lowest BCUT2D eigenvalue weighted by Crippen LogP contribution is -2.43. The van der Waals surface area contributed by atoms with Crippen molar-refractivity contribution in [3.05, 3.63) is 42.0 Å². The standard InChI is InChI=1S/C14H14N4O3/c1-9-6-10(18-8-15-7-16-18)2-3-11(9)12(19)17-14(4-5-14)13(20)21/h2-3,6-8H,4-5H2,1H3,(H,17,19)(H,20,21). The zero-order valence-corrected chi connectivity index (χ0v) is 11.4. The second-order valence-electron chi connectivity index (χ2n) is 5.18. The molecule has 0 spiro atoms. The van der Waals surface area contributed by atoms with Crippen LogP contribution in [0, 0.1) is 6.92 Å². The van der Waals surface area contributed by atoms with Gasteiger partial charge in [0, 0.05) is 5.56 Å². The van der Waals surface area contributed by atoms with E-state index in [-0.39, 0.29) is 5.91 Å². The summed E-state index contributed by atoms with van der Waals surface area (Å²) >= 11 is 0. The highest BCUT2D eigenvalue weighted by Crippen LogP contribution is 2.35. The van der Waals surface area contributed by atoms with Crippen LogP contribution in [0.1, 0.15) is 28.8 Å². The van der Waals surface area contributed by atoms with Gasteiger partial charge in [-0.3, -0.25) is 4.79 Å². The molecule has 108 valence electrons. The van der Waals surface area contributed by atoms with Gasteiger partial charge in [0.25, 0.3) is 5.91 Å². The molecule has 1 aromatic heterocycles. The SMILES string of the molecule is Cc1cc(-n2cncn2)ccc1C(=O)NC1(C(=O)O)CC1. The predicted molar refractivity (Wildman–Crippen MR) is 73.2 cm³/mol. The van der Waals surface area contributed by atoms with Crippen molar-refractivity contribution in [1.82, 2.24) is 20.1 Å². The van der Waals surface area contributed by atoms with Gasteiger partial charge in [0.2, 0.25) is 0 Å². The van der Waals surface area contributed by atoms with Crippen molar-refractivity contribution in [3.63, 3.8) is 0 Å². The molecule has 7 heteroatoms. The van der Waals surface area contributed by atoms with Crippen LogP contribution in [0.2, 0.25) is 0 Å². The Kier molecular flexibility index (Phi) is 2.97. The molecular formula is C14H14N4O3. The van der Waals surface area contributed by atoms with Crippen LogP contribution in [-0.2, 0) is 4.79 Å². The lowest BCUT2D eigenvalue weighted by atomic mass is 10.1. The second-order valence-corrected chi connectivity index (χ2v) is 5.18. The number of benzene rings is 1.